The first kappa shape index (κ1) is 10.5. The summed E-state index contributed by atoms with van der Waals surface area (Å²) in [7, 11) is 0. The third-order valence-electron chi connectivity index (χ3n) is 2.71. The van der Waals surface area contributed by atoms with E-state index in [1.165, 1.54) is 4.88 Å². The van der Waals surface area contributed by atoms with Crippen molar-refractivity contribution in [3.05, 3.63) is 22.4 Å². The summed E-state index contributed by atoms with van der Waals surface area (Å²) in [5.41, 5.74) is 0. The molecule has 2 rings (SSSR count). The van der Waals surface area contributed by atoms with Crippen LogP contribution in [0.2, 0.25) is 0 Å². The molecule has 0 bridgehead atoms. The quantitative estimate of drug-likeness (QED) is 0.823. The molecule has 0 aromatic carbocycles. The van der Waals surface area contributed by atoms with Crippen molar-refractivity contribution in [3.8, 4) is 0 Å². The molecule has 1 N–H and O–H groups in total. The zero-order valence-electron chi connectivity index (χ0n) is 8.90. The summed E-state index contributed by atoms with van der Waals surface area (Å²) in [5.74, 6) is 0. The molecule has 2 amide bonds. The van der Waals surface area contributed by atoms with E-state index in [2.05, 4.69) is 16.8 Å². The molecule has 0 spiro atoms. The lowest BCUT2D eigenvalue weighted by atomic mass is 10.2. The first-order valence-corrected chi connectivity index (χ1v) is 6.28. The largest absolute Gasteiger partial charge is 0.338 e. The van der Waals surface area contributed by atoms with Gasteiger partial charge >= 0.3 is 6.03 Å². The molecule has 1 aliphatic rings. The standard InChI is InChI=1S/C11H16N2OS/c1-2-12-11(14)13-7-3-5-9(13)10-6-4-8-15-10/h4,6,8-9H,2-3,5,7H2,1H3,(H,12,14). The minimum Gasteiger partial charge on any atom is -0.338 e. The van der Waals surface area contributed by atoms with E-state index in [0.29, 0.717) is 12.6 Å². The van der Waals surface area contributed by atoms with Crippen molar-refractivity contribution in [1.82, 2.24) is 10.2 Å². The SMILES string of the molecule is CCNC(=O)N1CCCC1c1cccs1. The van der Waals surface area contributed by atoms with Gasteiger partial charge in [-0.1, -0.05) is 6.07 Å². The molecular formula is C11H16N2OS. The molecule has 1 saturated heterocycles. The Bertz CT molecular complexity index is 323. The fraction of sp³-hybridized carbons (Fsp3) is 0.545. The smallest absolute Gasteiger partial charge is 0.317 e. The van der Waals surface area contributed by atoms with Crippen LogP contribution >= 0.6 is 11.3 Å². The fourth-order valence-corrected chi connectivity index (χ4v) is 2.91. The van der Waals surface area contributed by atoms with Crippen LogP contribution in [0.1, 0.15) is 30.7 Å². The van der Waals surface area contributed by atoms with E-state index >= 15 is 0 Å². The number of carbonyl (C=O) groups is 1. The lowest BCUT2D eigenvalue weighted by Crippen LogP contribution is -2.39. The average molecular weight is 224 g/mol. The van der Waals surface area contributed by atoms with Crippen molar-refractivity contribution in [1.29, 1.82) is 0 Å². The second-order valence-electron chi connectivity index (χ2n) is 3.70. The highest BCUT2D eigenvalue weighted by Gasteiger charge is 2.29. The Morgan fingerprint density at radius 3 is 3.27 bits per heavy atom. The Balaban J connectivity index is 2.08. The van der Waals surface area contributed by atoms with Gasteiger partial charge in [0.05, 0.1) is 6.04 Å². The van der Waals surface area contributed by atoms with Crippen molar-refractivity contribution in [2.24, 2.45) is 0 Å². The summed E-state index contributed by atoms with van der Waals surface area (Å²) in [6.07, 6.45) is 2.21. The summed E-state index contributed by atoms with van der Waals surface area (Å²) >= 11 is 1.74. The molecule has 82 valence electrons. The van der Waals surface area contributed by atoms with Gasteiger partial charge in [-0.2, -0.15) is 0 Å². The van der Waals surface area contributed by atoms with Crippen LogP contribution in [0.25, 0.3) is 0 Å². The maximum Gasteiger partial charge on any atom is 0.317 e. The third kappa shape index (κ3) is 2.15. The molecular weight excluding hydrogens is 208 g/mol. The van der Waals surface area contributed by atoms with Gasteiger partial charge in [-0.05, 0) is 31.2 Å². The molecule has 1 aromatic heterocycles. The topological polar surface area (TPSA) is 32.3 Å². The van der Waals surface area contributed by atoms with Crippen molar-refractivity contribution in [2.45, 2.75) is 25.8 Å². The Morgan fingerprint density at radius 1 is 1.73 bits per heavy atom. The number of hydrogen-bond donors (Lipinski definition) is 1. The number of nitrogens with zero attached hydrogens (tertiary/aromatic N) is 1. The minimum atomic E-state index is 0.0772. The number of rotatable bonds is 2. The molecule has 0 aliphatic carbocycles. The Hall–Kier alpha value is -1.03. The van der Waals surface area contributed by atoms with Gasteiger partial charge in [0.1, 0.15) is 0 Å². The van der Waals surface area contributed by atoms with Gasteiger partial charge in [0.2, 0.25) is 0 Å². The normalized spacial score (nSPS) is 20.6. The van der Waals surface area contributed by atoms with Crippen molar-refractivity contribution in [3.63, 3.8) is 0 Å². The lowest BCUT2D eigenvalue weighted by Gasteiger charge is -2.23. The molecule has 1 fully saturated rings. The molecule has 1 aliphatic heterocycles. The van der Waals surface area contributed by atoms with E-state index < -0.39 is 0 Å². The number of thiophene rings is 1. The van der Waals surface area contributed by atoms with Crippen LogP contribution in [0.15, 0.2) is 17.5 Å². The first-order valence-electron chi connectivity index (χ1n) is 5.40. The van der Waals surface area contributed by atoms with Crippen LogP contribution in [-0.4, -0.2) is 24.0 Å². The maximum atomic E-state index is 11.8. The van der Waals surface area contributed by atoms with Crippen LogP contribution in [0.5, 0.6) is 0 Å². The van der Waals surface area contributed by atoms with Crippen molar-refractivity contribution >= 4 is 17.4 Å². The van der Waals surface area contributed by atoms with Crippen LogP contribution < -0.4 is 5.32 Å². The van der Waals surface area contributed by atoms with Gasteiger partial charge in [-0.15, -0.1) is 11.3 Å². The molecule has 4 heteroatoms. The molecule has 3 nitrogen and oxygen atoms in total. The summed E-state index contributed by atoms with van der Waals surface area (Å²) in [5, 5.41) is 4.94. The number of likely N-dealkylation sites (tertiary alicyclic amines) is 1. The monoisotopic (exact) mass is 224 g/mol. The molecule has 1 unspecified atom stereocenters. The highest BCUT2D eigenvalue weighted by Crippen LogP contribution is 2.34. The van der Waals surface area contributed by atoms with Gasteiger partial charge in [0.25, 0.3) is 0 Å². The van der Waals surface area contributed by atoms with Crippen LogP contribution in [0.4, 0.5) is 4.79 Å². The Labute approximate surface area is 94.1 Å². The van der Waals surface area contributed by atoms with E-state index in [1.807, 2.05) is 17.9 Å². The summed E-state index contributed by atoms with van der Waals surface area (Å²) < 4.78 is 0. The minimum absolute atomic E-state index is 0.0772. The lowest BCUT2D eigenvalue weighted by molar-refractivity contribution is 0.194. The predicted octanol–water partition coefficient (Wildman–Crippen LogP) is 2.61. The second-order valence-corrected chi connectivity index (χ2v) is 4.68. The zero-order chi connectivity index (χ0) is 10.7. The van der Waals surface area contributed by atoms with Gasteiger partial charge < -0.3 is 10.2 Å². The van der Waals surface area contributed by atoms with E-state index in [1.54, 1.807) is 11.3 Å². The van der Waals surface area contributed by atoms with E-state index in [9.17, 15) is 4.79 Å². The molecule has 2 heterocycles. The van der Waals surface area contributed by atoms with Gasteiger partial charge in [-0.3, -0.25) is 0 Å². The van der Waals surface area contributed by atoms with Crippen LogP contribution in [0.3, 0.4) is 0 Å². The van der Waals surface area contributed by atoms with Gasteiger partial charge in [0, 0.05) is 18.0 Å². The third-order valence-corrected chi connectivity index (χ3v) is 3.69. The molecule has 0 saturated carbocycles. The molecule has 0 radical (unpaired) electrons. The number of urea groups is 1. The number of hydrogen-bond acceptors (Lipinski definition) is 2. The fourth-order valence-electron chi connectivity index (χ4n) is 2.04. The van der Waals surface area contributed by atoms with E-state index in [-0.39, 0.29) is 6.03 Å². The van der Waals surface area contributed by atoms with E-state index in [4.69, 9.17) is 0 Å². The van der Waals surface area contributed by atoms with Crippen LogP contribution in [0, 0.1) is 0 Å². The maximum absolute atomic E-state index is 11.8. The van der Waals surface area contributed by atoms with Crippen molar-refractivity contribution in [2.75, 3.05) is 13.1 Å². The highest BCUT2D eigenvalue weighted by atomic mass is 32.1. The van der Waals surface area contributed by atoms with E-state index in [0.717, 1.165) is 19.4 Å². The number of carbonyl (C=O) groups excluding carboxylic acids is 1. The summed E-state index contributed by atoms with van der Waals surface area (Å²) in [4.78, 5) is 15.0. The molecule has 1 aromatic rings. The van der Waals surface area contributed by atoms with Crippen molar-refractivity contribution < 1.29 is 4.79 Å². The average Bonchev–Trinajstić information content (AvgIpc) is 2.88. The summed E-state index contributed by atoms with van der Waals surface area (Å²) in [6, 6.07) is 4.55. The zero-order valence-corrected chi connectivity index (χ0v) is 9.72. The molecule has 1 atom stereocenters. The first-order chi connectivity index (χ1) is 7.33. The number of nitrogens with one attached hydrogen (secondary N) is 1. The number of amides is 2. The van der Waals surface area contributed by atoms with Gasteiger partial charge in [-0.25, -0.2) is 4.79 Å². The highest BCUT2D eigenvalue weighted by molar-refractivity contribution is 7.10. The Morgan fingerprint density at radius 2 is 2.60 bits per heavy atom. The second kappa shape index (κ2) is 4.66. The summed E-state index contributed by atoms with van der Waals surface area (Å²) in [6.45, 7) is 3.54. The Kier molecular flexibility index (Phi) is 3.26. The van der Waals surface area contributed by atoms with Gasteiger partial charge in [0.15, 0.2) is 0 Å². The molecule has 15 heavy (non-hydrogen) atoms. The predicted molar refractivity (Wildman–Crippen MR) is 62.1 cm³/mol. The van der Waals surface area contributed by atoms with Crippen LogP contribution in [-0.2, 0) is 0 Å².